The topological polar surface area (TPSA) is 21.3 Å². The van der Waals surface area contributed by atoms with E-state index in [1.165, 1.54) is 24.8 Å². The fraction of sp³-hybridized carbons (Fsp3) is 0.571. The van der Waals surface area contributed by atoms with Gasteiger partial charge in [0.1, 0.15) is 5.75 Å². The molecule has 0 heterocycles. The second-order valence-corrected chi connectivity index (χ2v) is 5.74. The molecule has 1 aliphatic carbocycles. The molecule has 2 unspecified atom stereocenters. The highest BCUT2D eigenvalue weighted by atomic mass is 32.2. The summed E-state index contributed by atoms with van der Waals surface area (Å²) in [6.45, 7) is 0.947. The molecular weight excluding hydrogens is 230 g/mol. The van der Waals surface area contributed by atoms with E-state index in [1.807, 2.05) is 17.8 Å². The Morgan fingerprint density at radius 2 is 2.29 bits per heavy atom. The molecule has 1 fully saturated rings. The highest BCUT2D eigenvalue weighted by Crippen LogP contribution is 2.28. The number of nitrogens with one attached hydrogen (secondary N) is 1. The molecular formula is C14H21NOS. The van der Waals surface area contributed by atoms with Crippen LogP contribution in [0.2, 0.25) is 0 Å². The van der Waals surface area contributed by atoms with Crippen molar-refractivity contribution >= 4 is 11.8 Å². The van der Waals surface area contributed by atoms with Gasteiger partial charge in [-0.2, -0.15) is 11.8 Å². The van der Waals surface area contributed by atoms with E-state index in [0.29, 0.717) is 6.04 Å². The Morgan fingerprint density at radius 1 is 1.41 bits per heavy atom. The molecule has 2 rings (SSSR count). The van der Waals surface area contributed by atoms with E-state index >= 15 is 0 Å². The van der Waals surface area contributed by atoms with Gasteiger partial charge in [0.2, 0.25) is 0 Å². The summed E-state index contributed by atoms with van der Waals surface area (Å²) < 4.78 is 5.23. The molecule has 0 amide bonds. The average Bonchev–Trinajstić information content (AvgIpc) is 2.84. The molecule has 1 saturated carbocycles. The van der Waals surface area contributed by atoms with E-state index in [4.69, 9.17) is 4.74 Å². The van der Waals surface area contributed by atoms with Crippen LogP contribution in [0.15, 0.2) is 24.3 Å². The second kappa shape index (κ2) is 6.31. The van der Waals surface area contributed by atoms with Gasteiger partial charge in [-0.1, -0.05) is 12.1 Å². The summed E-state index contributed by atoms with van der Waals surface area (Å²) in [6, 6.07) is 8.99. The van der Waals surface area contributed by atoms with Crippen LogP contribution in [0.3, 0.4) is 0 Å². The van der Waals surface area contributed by atoms with Gasteiger partial charge in [-0.3, -0.25) is 0 Å². The standard InChI is InChI=1S/C14H21NOS/c1-16-13-5-3-4-11(8-13)10-15-12-6-7-14(9-12)17-2/h3-5,8,12,14-15H,6-7,9-10H2,1-2H3. The second-order valence-electron chi connectivity index (χ2n) is 4.60. The maximum absolute atomic E-state index is 5.23. The molecule has 0 aliphatic heterocycles. The van der Waals surface area contributed by atoms with Crippen molar-refractivity contribution in [2.75, 3.05) is 13.4 Å². The van der Waals surface area contributed by atoms with E-state index in [9.17, 15) is 0 Å². The third kappa shape index (κ3) is 3.65. The largest absolute Gasteiger partial charge is 0.497 e. The lowest BCUT2D eigenvalue weighted by atomic mass is 10.2. The number of rotatable bonds is 5. The van der Waals surface area contributed by atoms with Crippen molar-refractivity contribution < 1.29 is 4.74 Å². The monoisotopic (exact) mass is 251 g/mol. The Bertz CT molecular complexity index is 356. The molecule has 1 aliphatic rings. The van der Waals surface area contributed by atoms with Crippen molar-refractivity contribution in [3.63, 3.8) is 0 Å². The Morgan fingerprint density at radius 3 is 3.00 bits per heavy atom. The van der Waals surface area contributed by atoms with Crippen LogP contribution in [0.25, 0.3) is 0 Å². The highest BCUT2D eigenvalue weighted by Gasteiger charge is 2.23. The number of methoxy groups -OCH3 is 1. The third-order valence-electron chi connectivity index (χ3n) is 3.45. The smallest absolute Gasteiger partial charge is 0.119 e. The quantitative estimate of drug-likeness (QED) is 0.869. The summed E-state index contributed by atoms with van der Waals surface area (Å²) in [5.74, 6) is 0.942. The number of hydrogen-bond acceptors (Lipinski definition) is 3. The lowest BCUT2D eigenvalue weighted by molar-refractivity contribution is 0.413. The van der Waals surface area contributed by atoms with Gasteiger partial charge in [-0.15, -0.1) is 0 Å². The predicted octanol–water partition coefficient (Wildman–Crippen LogP) is 3.07. The average molecular weight is 251 g/mol. The number of benzene rings is 1. The Kier molecular flexibility index (Phi) is 4.75. The maximum atomic E-state index is 5.23. The van der Waals surface area contributed by atoms with E-state index in [2.05, 4.69) is 29.8 Å². The Hall–Kier alpha value is -0.670. The van der Waals surface area contributed by atoms with Crippen LogP contribution in [-0.2, 0) is 6.54 Å². The normalized spacial score (nSPS) is 23.9. The van der Waals surface area contributed by atoms with Crippen LogP contribution in [-0.4, -0.2) is 24.7 Å². The molecule has 17 heavy (non-hydrogen) atoms. The fourth-order valence-electron chi connectivity index (χ4n) is 2.38. The molecule has 94 valence electrons. The van der Waals surface area contributed by atoms with Gasteiger partial charge >= 0.3 is 0 Å². The lowest BCUT2D eigenvalue weighted by Crippen LogP contribution is -2.26. The molecule has 2 nitrogen and oxygen atoms in total. The van der Waals surface area contributed by atoms with E-state index in [1.54, 1.807) is 7.11 Å². The van der Waals surface area contributed by atoms with E-state index in [0.717, 1.165) is 17.5 Å². The van der Waals surface area contributed by atoms with Crippen molar-refractivity contribution in [1.29, 1.82) is 0 Å². The van der Waals surface area contributed by atoms with Crippen molar-refractivity contribution in [1.82, 2.24) is 5.32 Å². The molecule has 1 N–H and O–H groups in total. The maximum Gasteiger partial charge on any atom is 0.119 e. The molecule has 2 atom stereocenters. The summed E-state index contributed by atoms with van der Waals surface area (Å²) >= 11 is 2.00. The first-order valence-electron chi connectivity index (χ1n) is 6.21. The molecule has 1 aromatic rings. The van der Waals surface area contributed by atoms with Crippen molar-refractivity contribution in [3.05, 3.63) is 29.8 Å². The fourth-order valence-corrected chi connectivity index (χ4v) is 3.18. The summed E-state index contributed by atoms with van der Waals surface area (Å²) in [5, 5.41) is 4.50. The molecule has 0 spiro atoms. The Balaban J connectivity index is 1.81. The Labute approximate surface area is 108 Å². The minimum absolute atomic E-state index is 0.693. The predicted molar refractivity (Wildman–Crippen MR) is 74.8 cm³/mol. The van der Waals surface area contributed by atoms with E-state index in [-0.39, 0.29) is 0 Å². The minimum Gasteiger partial charge on any atom is -0.497 e. The number of hydrogen-bond donors (Lipinski definition) is 1. The van der Waals surface area contributed by atoms with Crippen molar-refractivity contribution in [3.8, 4) is 5.75 Å². The number of ether oxygens (including phenoxy) is 1. The SMILES string of the molecule is COc1cccc(CNC2CCC(SC)C2)c1. The summed E-state index contributed by atoms with van der Waals surface area (Å²) in [6.07, 6.45) is 6.20. The van der Waals surface area contributed by atoms with Crippen molar-refractivity contribution in [2.24, 2.45) is 0 Å². The highest BCUT2D eigenvalue weighted by molar-refractivity contribution is 7.99. The van der Waals surface area contributed by atoms with Gasteiger partial charge in [0.15, 0.2) is 0 Å². The molecule has 0 saturated heterocycles. The zero-order valence-corrected chi connectivity index (χ0v) is 11.4. The van der Waals surface area contributed by atoms with Gasteiger partial charge < -0.3 is 10.1 Å². The van der Waals surface area contributed by atoms with Crippen LogP contribution < -0.4 is 10.1 Å². The zero-order valence-electron chi connectivity index (χ0n) is 10.6. The van der Waals surface area contributed by atoms with Gasteiger partial charge in [0, 0.05) is 17.8 Å². The zero-order chi connectivity index (χ0) is 12.1. The van der Waals surface area contributed by atoms with Gasteiger partial charge in [-0.25, -0.2) is 0 Å². The van der Waals surface area contributed by atoms with Crippen LogP contribution in [0.5, 0.6) is 5.75 Å². The van der Waals surface area contributed by atoms with E-state index < -0.39 is 0 Å². The third-order valence-corrected chi connectivity index (χ3v) is 4.54. The van der Waals surface area contributed by atoms with Gasteiger partial charge in [-0.05, 0) is 43.2 Å². The summed E-state index contributed by atoms with van der Waals surface area (Å²) in [5.41, 5.74) is 1.30. The molecule has 1 aromatic carbocycles. The molecule has 0 aromatic heterocycles. The van der Waals surface area contributed by atoms with Crippen LogP contribution >= 0.6 is 11.8 Å². The van der Waals surface area contributed by atoms with Crippen LogP contribution in [0.1, 0.15) is 24.8 Å². The first kappa shape index (κ1) is 12.8. The molecule has 0 bridgehead atoms. The minimum atomic E-state index is 0.693. The first-order chi connectivity index (χ1) is 8.31. The summed E-state index contributed by atoms with van der Waals surface area (Å²) in [7, 11) is 1.71. The van der Waals surface area contributed by atoms with Gasteiger partial charge in [0.05, 0.1) is 7.11 Å². The molecule has 0 radical (unpaired) electrons. The summed E-state index contributed by atoms with van der Waals surface area (Å²) in [4.78, 5) is 0. The molecule has 3 heteroatoms. The number of thioether (sulfide) groups is 1. The van der Waals surface area contributed by atoms with Crippen LogP contribution in [0.4, 0.5) is 0 Å². The van der Waals surface area contributed by atoms with Crippen LogP contribution in [0, 0.1) is 0 Å². The first-order valence-corrected chi connectivity index (χ1v) is 7.49. The van der Waals surface area contributed by atoms with Crippen molar-refractivity contribution in [2.45, 2.75) is 37.1 Å². The lowest BCUT2D eigenvalue weighted by Gasteiger charge is -2.13. The van der Waals surface area contributed by atoms with Gasteiger partial charge in [0.25, 0.3) is 0 Å².